The Kier molecular flexibility index (Phi) is 8.53. The van der Waals surface area contributed by atoms with Crippen LogP contribution in [0.2, 0.25) is 0 Å². The summed E-state index contributed by atoms with van der Waals surface area (Å²) < 4.78 is 93.1. The molecule has 0 aromatic heterocycles. The molecule has 0 atom stereocenters. The Labute approximate surface area is 261 Å². The van der Waals surface area contributed by atoms with Crippen LogP contribution in [-0.2, 0) is 17.8 Å². The van der Waals surface area contributed by atoms with Gasteiger partial charge in [-0.1, -0.05) is 43.3 Å². The summed E-state index contributed by atoms with van der Waals surface area (Å²) in [7, 11) is 0. The maximum absolute atomic E-state index is 13.6. The number of rotatable bonds is 8. The summed E-state index contributed by atoms with van der Waals surface area (Å²) in [5.74, 6) is -0.427. The zero-order chi connectivity index (χ0) is 33.3. The summed E-state index contributed by atoms with van der Waals surface area (Å²) in [6.45, 7) is 1.97. The highest BCUT2D eigenvalue weighted by atomic mass is 19.4. The van der Waals surface area contributed by atoms with Gasteiger partial charge in [-0.2, -0.15) is 26.3 Å². The lowest BCUT2D eigenvalue weighted by molar-refractivity contribution is -0.139. The molecule has 6 N–H and O–H groups in total. The topological polar surface area (TPSA) is 96.5 Å². The van der Waals surface area contributed by atoms with Crippen molar-refractivity contribution in [3.63, 3.8) is 0 Å². The monoisotopic (exact) mass is 637 g/mol. The molecule has 0 aliphatic rings. The molecule has 5 aromatic carbocycles. The Bertz CT molecular complexity index is 1710. The van der Waals surface area contributed by atoms with Gasteiger partial charge < -0.3 is 26.7 Å². The smallest absolute Gasteiger partial charge is 0.420 e. The lowest BCUT2D eigenvalue weighted by Crippen LogP contribution is -2.28. The van der Waals surface area contributed by atoms with E-state index in [1.807, 2.05) is 19.1 Å². The first kappa shape index (κ1) is 32.1. The maximum atomic E-state index is 13.6. The number of anilines is 3. The number of hydrogen-bond acceptors (Lipinski definition) is 5. The molecule has 0 aliphatic carbocycles. The van der Waals surface area contributed by atoms with Gasteiger partial charge in [0.2, 0.25) is 0 Å². The van der Waals surface area contributed by atoms with Crippen molar-refractivity contribution in [3.05, 3.63) is 137 Å². The van der Waals surface area contributed by atoms with Crippen molar-refractivity contribution in [2.24, 2.45) is 0 Å². The third-order valence-corrected chi connectivity index (χ3v) is 7.70. The third-order valence-electron chi connectivity index (χ3n) is 7.70. The molecule has 0 amide bonds. The summed E-state index contributed by atoms with van der Waals surface area (Å²) in [5.41, 5.74) is 17.2. The Morgan fingerprint density at radius 3 is 1.13 bits per heavy atom. The predicted molar refractivity (Wildman–Crippen MR) is 166 cm³/mol. The Morgan fingerprint density at radius 1 is 0.478 bits per heavy atom. The van der Waals surface area contributed by atoms with Crippen molar-refractivity contribution < 1.29 is 35.8 Å². The first-order valence-electron chi connectivity index (χ1n) is 14.1. The number of hydrogen-bond donors (Lipinski definition) is 3. The van der Waals surface area contributed by atoms with E-state index in [9.17, 15) is 26.3 Å². The van der Waals surface area contributed by atoms with Crippen molar-refractivity contribution in [2.75, 3.05) is 17.2 Å². The standard InChI is InChI=1S/C35H29F6N3O2/c1-2-33(21-3-9-24(42)10-4-21,22-5-13-27(14-6-22)45-31-17-11-25(43)19-29(31)34(36,37)38)23-7-15-28(16-8-23)46-32-18-12-26(44)20-30(32)35(39,40)41/h3-20H,2,42-44H2,1H3. The fourth-order valence-electron chi connectivity index (χ4n) is 5.47. The fourth-order valence-corrected chi connectivity index (χ4v) is 5.47. The molecule has 0 unspecified atom stereocenters. The molecule has 0 saturated carbocycles. The van der Waals surface area contributed by atoms with Gasteiger partial charge in [-0.05, 0) is 95.9 Å². The molecule has 46 heavy (non-hydrogen) atoms. The van der Waals surface area contributed by atoms with E-state index in [0.717, 1.165) is 28.8 Å². The number of halogens is 6. The van der Waals surface area contributed by atoms with E-state index >= 15 is 0 Å². The van der Waals surface area contributed by atoms with E-state index in [-0.39, 0.29) is 34.4 Å². The molecule has 0 aliphatic heterocycles. The molecule has 0 spiro atoms. The average molecular weight is 638 g/mol. The molecule has 0 saturated heterocycles. The van der Waals surface area contributed by atoms with Crippen molar-refractivity contribution in [1.82, 2.24) is 0 Å². The SMILES string of the molecule is CCC(c1ccc(N)cc1)(c1ccc(Oc2ccc(N)cc2C(F)(F)F)cc1)c1ccc(Oc2ccc(N)cc2C(F)(F)F)cc1. The van der Waals surface area contributed by atoms with E-state index in [2.05, 4.69) is 0 Å². The predicted octanol–water partition coefficient (Wildman–Crippen LogP) is 9.80. The first-order valence-corrected chi connectivity index (χ1v) is 14.1. The summed E-state index contributed by atoms with van der Waals surface area (Å²) in [4.78, 5) is 0. The third kappa shape index (κ3) is 6.53. The summed E-state index contributed by atoms with van der Waals surface area (Å²) >= 11 is 0. The van der Waals surface area contributed by atoms with Gasteiger partial charge in [-0.25, -0.2) is 0 Å². The highest BCUT2D eigenvalue weighted by Crippen LogP contribution is 2.45. The van der Waals surface area contributed by atoms with E-state index in [1.165, 1.54) is 24.3 Å². The lowest BCUT2D eigenvalue weighted by atomic mass is 9.67. The minimum atomic E-state index is -4.67. The molecular formula is C35H29F6N3O2. The molecule has 0 fully saturated rings. The van der Waals surface area contributed by atoms with Gasteiger partial charge in [-0.15, -0.1) is 0 Å². The second-order valence-electron chi connectivity index (χ2n) is 10.6. The van der Waals surface area contributed by atoms with Gasteiger partial charge in [0.05, 0.1) is 0 Å². The van der Waals surface area contributed by atoms with Crippen LogP contribution in [0.5, 0.6) is 23.0 Å². The van der Waals surface area contributed by atoms with Crippen LogP contribution in [0.1, 0.15) is 41.2 Å². The van der Waals surface area contributed by atoms with Gasteiger partial charge in [0.1, 0.15) is 34.1 Å². The van der Waals surface area contributed by atoms with E-state index < -0.39 is 28.9 Å². The van der Waals surface area contributed by atoms with Crippen LogP contribution in [0.15, 0.2) is 109 Å². The Balaban J connectivity index is 1.52. The number of nitrogens with two attached hydrogens (primary N) is 3. The van der Waals surface area contributed by atoms with Gasteiger partial charge in [-0.3, -0.25) is 0 Å². The zero-order valence-electron chi connectivity index (χ0n) is 24.4. The van der Waals surface area contributed by atoms with Gasteiger partial charge in [0, 0.05) is 22.5 Å². The number of alkyl halides is 6. The highest BCUT2D eigenvalue weighted by molar-refractivity contribution is 5.56. The van der Waals surface area contributed by atoms with Crippen LogP contribution < -0.4 is 26.7 Å². The van der Waals surface area contributed by atoms with Crippen LogP contribution in [0.3, 0.4) is 0 Å². The van der Waals surface area contributed by atoms with E-state index in [1.54, 1.807) is 60.7 Å². The molecule has 0 heterocycles. The van der Waals surface area contributed by atoms with Crippen LogP contribution >= 0.6 is 0 Å². The Hall–Kier alpha value is -5.32. The molecular weight excluding hydrogens is 608 g/mol. The highest BCUT2D eigenvalue weighted by Gasteiger charge is 2.37. The van der Waals surface area contributed by atoms with Crippen molar-refractivity contribution in [3.8, 4) is 23.0 Å². The summed E-state index contributed by atoms with van der Waals surface area (Å²) in [6, 6.07) is 27.2. The Morgan fingerprint density at radius 2 is 0.804 bits per heavy atom. The molecule has 5 nitrogen and oxygen atoms in total. The lowest BCUT2D eigenvalue weighted by Gasteiger charge is -2.35. The van der Waals surface area contributed by atoms with Gasteiger partial charge >= 0.3 is 12.4 Å². The second-order valence-corrected chi connectivity index (χ2v) is 10.6. The molecule has 0 radical (unpaired) electrons. The van der Waals surface area contributed by atoms with Gasteiger partial charge in [0.25, 0.3) is 0 Å². The molecule has 5 aromatic rings. The van der Waals surface area contributed by atoms with E-state index in [4.69, 9.17) is 26.7 Å². The summed E-state index contributed by atoms with van der Waals surface area (Å²) in [6.07, 6.45) is -8.81. The molecule has 5 rings (SSSR count). The van der Waals surface area contributed by atoms with Crippen LogP contribution in [0.25, 0.3) is 0 Å². The average Bonchev–Trinajstić information content (AvgIpc) is 3.01. The number of ether oxygens (including phenoxy) is 2. The van der Waals surface area contributed by atoms with Crippen molar-refractivity contribution >= 4 is 17.1 Å². The normalized spacial score (nSPS) is 12.2. The van der Waals surface area contributed by atoms with Crippen LogP contribution in [0, 0.1) is 0 Å². The minimum Gasteiger partial charge on any atom is -0.457 e. The minimum absolute atomic E-state index is 0.0445. The zero-order valence-corrected chi connectivity index (χ0v) is 24.4. The van der Waals surface area contributed by atoms with Crippen molar-refractivity contribution in [2.45, 2.75) is 31.1 Å². The first-order chi connectivity index (χ1) is 21.7. The number of benzene rings is 5. The number of nitrogen functional groups attached to an aromatic ring is 3. The van der Waals surface area contributed by atoms with Crippen molar-refractivity contribution in [1.29, 1.82) is 0 Å². The van der Waals surface area contributed by atoms with Crippen LogP contribution in [0.4, 0.5) is 43.4 Å². The van der Waals surface area contributed by atoms with E-state index in [0.29, 0.717) is 12.1 Å². The molecule has 238 valence electrons. The quantitative estimate of drug-likeness (QED) is 0.0894. The second kappa shape index (κ2) is 12.2. The largest absolute Gasteiger partial charge is 0.457 e. The van der Waals surface area contributed by atoms with Gasteiger partial charge in [0.15, 0.2) is 0 Å². The maximum Gasteiger partial charge on any atom is 0.420 e. The van der Waals surface area contributed by atoms with Crippen LogP contribution in [-0.4, -0.2) is 0 Å². The molecule has 11 heteroatoms. The summed E-state index contributed by atoms with van der Waals surface area (Å²) in [5, 5.41) is 0. The fraction of sp³-hybridized carbons (Fsp3) is 0.143. The molecule has 0 bridgehead atoms.